The molecule has 4 aliphatic carbocycles. The Labute approximate surface area is 218 Å². The number of aromatic nitrogens is 1. The highest BCUT2D eigenvalue weighted by Gasteiger charge is 2.58. The predicted molar refractivity (Wildman–Crippen MR) is 152 cm³/mol. The van der Waals surface area contributed by atoms with Gasteiger partial charge in [0.05, 0.1) is 16.2 Å². The summed E-state index contributed by atoms with van der Waals surface area (Å²) in [5.41, 5.74) is 6.41. The van der Waals surface area contributed by atoms with Gasteiger partial charge in [0.15, 0.2) is 11.7 Å². The first kappa shape index (κ1) is 23.0. The Morgan fingerprint density at radius 1 is 0.972 bits per heavy atom. The molecule has 0 saturated heterocycles. The molecule has 4 atom stereocenters. The van der Waals surface area contributed by atoms with Crippen molar-refractivity contribution in [2.75, 3.05) is 0 Å². The molecule has 4 unspecified atom stereocenters. The summed E-state index contributed by atoms with van der Waals surface area (Å²) in [4.78, 5) is 0. The number of hydrogen-bond donors (Lipinski definition) is 0. The molecule has 36 heavy (non-hydrogen) atoms. The summed E-state index contributed by atoms with van der Waals surface area (Å²) in [6.45, 7) is 14.2. The van der Waals surface area contributed by atoms with Gasteiger partial charge in [-0.05, 0) is 104 Å². The molecule has 0 N–H and O–H groups in total. The van der Waals surface area contributed by atoms with E-state index in [1.54, 1.807) is 16.5 Å². The third-order valence-electron chi connectivity index (χ3n) is 12.0. The maximum Gasteiger partial charge on any atom is 0.221 e. The quantitative estimate of drug-likeness (QED) is 0.189. The molecule has 0 radical (unpaired) electrons. The summed E-state index contributed by atoms with van der Waals surface area (Å²) in [5, 5.41) is 4.48. The minimum Gasteiger partial charge on any atom is -0.187 e. The van der Waals surface area contributed by atoms with Crippen molar-refractivity contribution in [2.45, 2.75) is 108 Å². The second-order valence-corrected chi connectivity index (χ2v) is 13.1. The van der Waals surface area contributed by atoms with Gasteiger partial charge in [0.1, 0.15) is 0 Å². The molecule has 0 spiro atoms. The van der Waals surface area contributed by atoms with Crippen LogP contribution in [-0.4, -0.2) is 0 Å². The SMILES string of the molecule is C=CC1(CC)[n+]2cc3c(c4ccc5cccc(c5c42)C1(C)CC)C1CC2CC3CC(C1)C2CCCC. The molecule has 2 aromatic carbocycles. The fourth-order valence-electron chi connectivity index (χ4n) is 10.2. The highest BCUT2D eigenvalue weighted by atomic mass is 15.1. The van der Waals surface area contributed by atoms with Crippen LogP contribution in [0.1, 0.15) is 114 Å². The van der Waals surface area contributed by atoms with Gasteiger partial charge in [-0.2, -0.15) is 4.57 Å². The third-order valence-corrected chi connectivity index (χ3v) is 12.0. The molecule has 2 saturated carbocycles. The summed E-state index contributed by atoms with van der Waals surface area (Å²) in [5.74, 6) is 4.35. The van der Waals surface area contributed by atoms with Gasteiger partial charge in [0.25, 0.3) is 0 Å². The van der Waals surface area contributed by atoms with Crippen LogP contribution < -0.4 is 4.57 Å². The molecule has 2 fully saturated rings. The van der Waals surface area contributed by atoms with E-state index < -0.39 is 0 Å². The van der Waals surface area contributed by atoms with Gasteiger partial charge in [-0.1, -0.05) is 64.5 Å². The van der Waals surface area contributed by atoms with E-state index in [0.717, 1.165) is 42.4 Å². The molecule has 5 aliphatic rings. The van der Waals surface area contributed by atoms with Crippen LogP contribution in [0.25, 0.3) is 21.7 Å². The van der Waals surface area contributed by atoms with Crippen LogP contribution in [0.15, 0.2) is 49.2 Å². The van der Waals surface area contributed by atoms with Crippen LogP contribution in [0.4, 0.5) is 0 Å². The number of pyridine rings is 1. The van der Waals surface area contributed by atoms with E-state index >= 15 is 0 Å². The largest absolute Gasteiger partial charge is 0.221 e. The zero-order valence-corrected chi connectivity index (χ0v) is 22.9. The van der Waals surface area contributed by atoms with Gasteiger partial charge in [0, 0.05) is 12.0 Å². The van der Waals surface area contributed by atoms with Crippen molar-refractivity contribution in [3.63, 3.8) is 0 Å². The van der Waals surface area contributed by atoms with Crippen molar-refractivity contribution in [3.8, 4) is 0 Å². The first-order valence-electron chi connectivity index (χ1n) is 15.1. The Morgan fingerprint density at radius 3 is 2.39 bits per heavy atom. The van der Waals surface area contributed by atoms with E-state index in [-0.39, 0.29) is 11.0 Å². The highest BCUT2D eigenvalue weighted by molar-refractivity contribution is 6.07. The summed E-state index contributed by atoms with van der Waals surface area (Å²) in [6, 6.07) is 12.0. The number of rotatable bonds is 6. The maximum atomic E-state index is 4.53. The van der Waals surface area contributed by atoms with Crippen LogP contribution in [0.3, 0.4) is 0 Å². The molecule has 8 rings (SSSR count). The van der Waals surface area contributed by atoms with Gasteiger partial charge >= 0.3 is 0 Å². The van der Waals surface area contributed by atoms with E-state index in [9.17, 15) is 0 Å². The molecule has 2 heterocycles. The molecule has 3 aromatic rings. The second kappa shape index (κ2) is 7.92. The molecule has 1 heteroatoms. The van der Waals surface area contributed by atoms with E-state index in [2.05, 4.69) is 81.4 Å². The van der Waals surface area contributed by atoms with Gasteiger partial charge < -0.3 is 0 Å². The van der Waals surface area contributed by atoms with Gasteiger partial charge in [-0.15, -0.1) is 0 Å². The number of benzene rings is 2. The van der Waals surface area contributed by atoms with Crippen molar-refractivity contribution >= 4 is 21.7 Å². The Kier molecular flexibility index (Phi) is 5.06. The van der Waals surface area contributed by atoms with Crippen molar-refractivity contribution in [1.82, 2.24) is 0 Å². The van der Waals surface area contributed by atoms with Gasteiger partial charge in [-0.3, -0.25) is 0 Å². The smallest absolute Gasteiger partial charge is 0.187 e. The minimum atomic E-state index is -0.106. The lowest BCUT2D eigenvalue weighted by Crippen LogP contribution is -2.67. The highest BCUT2D eigenvalue weighted by Crippen LogP contribution is 2.61. The van der Waals surface area contributed by atoms with E-state index in [1.165, 1.54) is 66.8 Å². The molecule has 1 aliphatic heterocycles. The fraction of sp³-hybridized carbons (Fsp3) is 0.571. The third kappa shape index (κ3) is 2.66. The lowest BCUT2D eigenvalue weighted by molar-refractivity contribution is -0.741. The molecule has 188 valence electrons. The molecule has 1 nitrogen and oxygen atoms in total. The standard InChI is InChI=1S/C35H44N/c1-6-10-13-27-23-17-25-18-24(27)20-26(19-23)31-28-16-15-22-12-11-14-30-32(22)33(28)36(21-29(25)31)35(8-3,9-4)34(30,5)7-2/h8,11-12,14-16,21,23-27H,3,6-7,9-10,13,17-20H2,1-2,4-5H3/q+1. The van der Waals surface area contributed by atoms with E-state index in [4.69, 9.17) is 0 Å². The van der Waals surface area contributed by atoms with Crippen LogP contribution in [0, 0.1) is 17.8 Å². The van der Waals surface area contributed by atoms with Gasteiger partial charge in [0.2, 0.25) is 5.52 Å². The summed E-state index contributed by atoms with van der Waals surface area (Å²) in [7, 11) is 0. The summed E-state index contributed by atoms with van der Waals surface area (Å²) >= 11 is 0. The van der Waals surface area contributed by atoms with Crippen LogP contribution in [0.2, 0.25) is 0 Å². The Balaban J connectivity index is 1.54. The minimum absolute atomic E-state index is 0.0242. The lowest BCUT2D eigenvalue weighted by Gasteiger charge is -2.46. The Hall–Kier alpha value is -2.15. The monoisotopic (exact) mass is 478 g/mol. The van der Waals surface area contributed by atoms with Crippen molar-refractivity contribution in [2.24, 2.45) is 17.8 Å². The zero-order valence-electron chi connectivity index (χ0n) is 22.9. The number of unbranched alkanes of at least 4 members (excludes halogenated alkanes) is 1. The number of hydrogen-bond acceptors (Lipinski definition) is 0. The average molecular weight is 479 g/mol. The maximum absolute atomic E-state index is 4.53. The molecule has 0 amide bonds. The van der Waals surface area contributed by atoms with E-state index in [1.807, 2.05) is 0 Å². The average Bonchev–Trinajstić information content (AvgIpc) is 3.10. The number of allylic oxidation sites excluding steroid dienone is 1. The predicted octanol–water partition coefficient (Wildman–Crippen LogP) is 9.06. The molecule has 1 aromatic heterocycles. The fourth-order valence-corrected chi connectivity index (χ4v) is 10.2. The van der Waals surface area contributed by atoms with Crippen molar-refractivity contribution in [3.05, 3.63) is 65.9 Å². The van der Waals surface area contributed by atoms with Crippen LogP contribution in [0.5, 0.6) is 0 Å². The first-order chi connectivity index (χ1) is 17.5. The first-order valence-corrected chi connectivity index (χ1v) is 15.1. The van der Waals surface area contributed by atoms with Crippen molar-refractivity contribution < 1.29 is 4.57 Å². The van der Waals surface area contributed by atoms with Crippen molar-refractivity contribution in [1.29, 1.82) is 0 Å². The summed E-state index contributed by atoms with van der Waals surface area (Å²) in [6.07, 6.45) is 17.1. The normalized spacial score (nSPS) is 35.9. The van der Waals surface area contributed by atoms with E-state index in [0.29, 0.717) is 0 Å². The van der Waals surface area contributed by atoms with Gasteiger partial charge in [-0.25, -0.2) is 0 Å². The summed E-state index contributed by atoms with van der Waals surface area (Å²) < 4.78 is 2.76. The molecule has 4 bridgehead atoms. The van der Waals surface area contributed by atoms with Crippen LogP contribution >= 0.6 is 0 Å². The topological polar surface area (TPSA) is 3.88 Å². The molecular weight excluding hydrogens is 434 g/mol. The Bertz CT molecular complexity index is 1370. The zero-order chi connectivity index (χ0) is 24.8. The molecular formula is C35H44N+. The number of nitrogens with zero attached hydrogens (tertiary/aromatic N) is 1. The second-order valence-electron chi connectivity index (χ2n) is 13.1. The van der Waals surface area contributed by atoms with Crippen LogP contribution in [-0.2, 0) is 11.0 Å². The Morgan fingerprint density at radius 2 is 1.72 bits per heavy atom. The lowest BCUT2D eigenvalue weighted by atomic mass is 9.59.